The summed E-state index contributed by atoms with van der Waals surface area (Å²) in [6.07, 6.45) is 1.02. The highest BCUT2D eigenvalue weighted by Crippen LogP contribution is 2.37. The van der Waals surface area contributed by atoms with Gasteiger partial charge in [0.15, 0.2) is 0 Å². The zero-order valence-corrected chi connectivity index (χ0v) is 26.5. The molecule has 2 aliphatic rings. The second-order valence-corrected chi connectivity index (χ2v) is 13.2. The first-order valence-corrected chi connectivity index (χ1v) is 16.3. The van der Waals surface area contributed by atoms with Crippen LogP contribution in [0.3, 0.4) is 0 Å². The van der Waals surface area contributed by atoms with Crippen LogP contribution in [0.5, 0.6) is 0 Å². The van der Waals surface area contributed by atoms with Gasteiger partial charge < -0.3 is 20.4 Å². The van der Waals surface area contributed by atoms with E-state index in [0.717, 1.165) is 43.4 Å². The molecule has 3 aromatic rings. The van der Waals surface area contributed by atoms with E-state index in [9.17, 15) is 26.4 Å². The van der Waals surface area contributed by atoms with Crippen molar-refractivity contribution in [2.24, 2.45) is 0 Å². The van der Waals surface area contributed by atoms with Crippen LogP contribution in [0.25, 0.3) is 11.1 Å². The molecule has 2 aliphatic heterocycles. The minimum atomic E-state index is -4.74. The van der Waals surface area contributed by atoms with Gasteiger partial charge in [-0.25, -0.2) is 13.2 Å². The van der Waals surface area contributed by atoms with Crippen LogP contribution < -0.4 is 15.4 Å². The summed E-state index contributed by atoms with van der Waals surface area (Å²) in [5, 5.41) is 5.47. The Labute approximate surface area is 267 Å². The minimum absolute atomic E-state index is 0.127. The Balaban J connectivity index is 1.35. The van der Waals surface area contributed by atoms with Gasteiger partial charge >= 0.3 is 12.2 Å². The van der Waals surface area contributed by atoms with Crippen molar-refractivity contribution in [1.82, 2.24) is 20.0 Å². The molecule has 0 aromatic heterocycles. The number of carbonyl (C=O) groups excluding carboxylic acids is 1. The van der Waals surface area contributed by atoms with Gasteiger partial charge in [-0.05, 0) is 72.4 Å². The Morgan fingerprint density at radius 3 is 2.28 bits per heavy atom. The third kappa shape index (κ3) is 8.47. The average Bonchev–Trinajstić information content (AvgIpc) is 3.02. The standard InChI is InChI=1S/C33H37F3N6O3S/c1-40-16-18-42(19-17-40)23-25-7-3-4-8-29(25)30-14-9-26(33(34,35)36)20-31(30)46(44,45)39-28-12-10-27(11-13-28)38-32(43)37-21-24-6-5-15-41(2)22-24/h3-15,20,39H,16-19,21-23H2,1-2H3,(H2,37,38,43). The molecule has 0 saturated carbocycles. The van der Waals surface area contributed by atoms with Crippen molar-refractivity contribution < 1.29 is 26.4 Å². The van der Waals surface area contributed by atoms with Gasteiger partial charge in [-0.2, -0.15) is 13.2 Å². The molecule has 2 amide bonds. The number of urea groups is 1. The molecule has 0 unspecified atom stereocenters. The quantitative estimate of drug-likeness (QED) is 0.285. The summed E-state index contributed by atoms with van der Waals surface area (Å²) < 4.78 is 71.3. The van der Waals surface area contributed by atoms with Crippen LogP contribution in [-0.4, -0.2) is 82.5 Å². The molecule has 5 rings (SSSR count). The third-order valence-corrected chi connectivity index (χ3v) is 9.31. The van der Waals surface area contributed by atoms with Gasteiger partial charge in [-0.1, -0.05) is 36.4 Å². The summed E-state index contributed by atoms with van der Waals surface area (Å²) in [4.78, 5) is 18.4. The van der Waals surface area contributed by atoms with E-state index in [-0.39, 0.29) is 11.3 Å². The normalized spacial score (nSPS) is 16.2. The van der Waals surface area contributed by atoms with Gasteiger partial charge in [-0.3, -0.25) is 9.62 Å². The number of allylic oxidation sites excluding steroid dienone is 2. The van der Waals surface area contributed by atoms with Crippen molar-refractivity contribution in [2.75, 3.05) is 63.4 Å². The van der Waals surface area contributed by atoms with E-state index in [4.69, 9.17) is 0 Å². The summed E-state index contributed by atoms with van der Waals surface area (Å²) in [5.74, 6) is 0. The maximum absolute atomic E-state index is 13.8. The predicted octanol–water partition coefficient (Wildman–Crippen LogP) is 5.43. The molecular weight excluding hydrogens is 617 g/mol. The molecule has 0 atom stereocenters. The molecule has 1 fully saturated rings. The molecule has 0 bridgehead atoms. The van der Waals surface area contributed by atoms with Crippen molar-refractivity contribution in [3.63, 3.8) is 0 Å². The highest BCUT2D eigenvalue weighted by molar-refractivity contribution is 7.92. The number of alkyl halides is 3. The van der Waals surface area contributed by atoms with Crippen LogP contribution in [0.15, 0.2) is 95.6 Å². The van der Waals surface area contributed by atoms with Gasteiger partial charge in [0.2, 0.25) is 0 Å². The number of sulfonamides is 1. The number of rotatable bonds is 9. The number of benzene rings is 3. The first-order chi connectivity index (χ1) is 21.9. The lowest BCUT2D eigenvalue weighted by atomic mass is 9.98. The number of hydrogen-bond donors (Lipinski definition) is 3. The first kappa shape index (κ1) is 33.0. The fourth-order valence-corrected chi connectivity index (χ4v) is 6.68. The number of nitrogens with one attached hydrogen (secondary N) is 3. The smallest absolute Gasteiger partial charge is 0.376 e. The zero-order valence-electron chi connectivity index (χ0n) is 25.6. The van der Waals surface area contributed by atoms with Crippen molar-refractivity contribution in [3.8, 4) is 11.1 Å². The molecule has 13 heteroatoms. The Hall–Kier alpha value is -4.33. The second-order valence-electron chi connectivity index (χ2n) is 11.5. The highest BCUT2D eigenvalue weighted by Gasteiger charge is 2.33. The zero-order chi connectivity index (χ0) is 32.9. The molecule has 2 heterocycles. The second kappa shape index (κ2) is 14.0. The van der Waals surface area contributed by atoms with Crippen molar-refractivity contribution in [1.29, 1.82) is 0 Å². The summed E-state index contributed by atoms with van der Waals surface area (Å²) in [5.41, 5.74) is 2.05. The number of nitrogens with zero attached hydrogens (tertiary/aromatic N) is 3. The van der Waals surface area contributed by atoms with Crippen LogP contribution >= 0.6 is 0 Å². The molecular formula is C33H37F3N6O3S. The van der Waals surface area contributed by atoms with Gasteiger partial charge in [0.25, 0.3) is 10.0 Å². The lowest BCUT2D eigenvalue weighted by molar-refractivity contribution is -0.137. The predicted molar refractivity (Wildman–Crippen MR) is 174 cm³/mol. The summed E-state index contributed by atoms with van der Waals surface area (Å²) in [6.45, 7) is 5.01. The fraction of sp³-hybridized carbons (Fsp3) is 0.303. The maximum Gasteiger partial charge on any atom is 0.416 e. The Morgan fingerprint density at radius 2 is 1.59 bits per heavy atom. The van der Waals surface area contributed by atoms with Crippen LogP contribution in [-0.2, 0) is 22.7 Å². The first-order valence-electron chi connectivity index (χ1n) is 14.8. The molecule has 1 saturated heterocycles. The molecule has 3 aromatic carbocycles. The van der Waals surface area contributed by atoms with Crippen molar-refractivity contribution >= 4 is 27.4 Å². The van der Waals surface area contributed by atoms with Gasteiger partial charge in [-0.15, -0.1) is 0 Å². The molecule has 0 spiro atoms. The van der Waals surface area contributed by atoms with Crippen molar-refractivity contribution in [2.45, 2.75) is 17.6 Å². The number of carbonyl (C=O) groups is 1. The van der Waals surface area contributed by atoms with E-state index in [1.807, 2.05) is 49.5 Å². The SMILES string of the molecule is CN1C=CC=C(CNC(=O)Nc2ccc(NS(=O)(=O)c3cc(C(F)(F)F)ccc3-c3ccccc3CN3CCN(C)CC3)cc2)C1. The number of likely N-dealkylation sites (N-methyl/N-ethyl adjacent to an activating group) is 2. The lowest BCUT2D eigenvalue weighted by Gasteiger charge is -2.32. The van der Waals surface area contributed by atoms with Gasteiger partial charge in [0.05, 0.1) is 10.5 Å². The fourth-order valence-electron chi connectivity index (χ4n) is 5.38. The Bertz CT molecular complexity index is 1720. The Morgan fingerprint density at radius 1 is 0.891 bits per heavy atom. The van der Waals surface area contributed by atoms with Crippen LogP contribution in [0.1, 0.15) is 11.1 Å². The number of amides is 2. The van der Waals surface area contributed by atoms with Gasteiger partial charge in [0, 0.05) is 69.8 Å². The number of hydrogen-bond acceptors (Lipinski definition) is 6. The molecule has 0 radical (unpaired) electrons. The van der Waals surface area contributed by atoms with E-state index in [1.165, 1.54) is 30.3 Å². The van der Waals surface area contributed by atoms with E-state index >= 15 is 0 Å². The topological polar surface area (TPSA) is 97.0 Å². The number of anilines is 2. The summed E-state index contributed by atoms with van der Waals surface area (Å²) in [6, 6.07) is 15.5. The average molecular weight is 655 g/mol. The third-order valence-electron chi connectivity index (χ3n) is 7.89. The summed E-state index contributed by atoms with van der Waals surface area (Å²) in [7, 11) is -0.499. The van der Waals surface area contributed by atoms with Crippen molar-refractivity contribution in [3.05, 3.63) is 102 Å². The molecule has 0 aliphatic carbocycles. The van der Waals surface area contributed by atoms with Crippen LogP contribution in [0, 0.1) is 0 Å². The lowest BCUT2D eigenvalue weighted by Crippen LogP contribution is -2.43. The van der Waals surface area contributed by atoms with Crippen LogP contribution in [0.2, 0.25) is 0 Å². The molecule has 244 valence electrons. The minimum Gasteiger partial charge on any atom is -0.376 e. The maximum atomic E-state index is 13.8. The Kier molecular flexibility index (Phi) is 10.0. The summed E-state index contributed by atoms with van der Waals surface area (Å²) >= 11 is 0. The van der Waals surface area contributed by atoms with E-state index in [2.05, 4.69) is 25.2 Å². The largest absolute Gasteiger partial charge is 0.416 e. The molecule has 46 heavy (non-hydrogen) atoms. The van der Waals surface area contributed by atoms with Gasteiger partial charge in [0.1, 0.15) is 0 Å². The molecule has 3 N–H and O–H groups in total. The number of halogens is 3. The van der Waals surface area contributed by atoms with E-state index < -0.39 is 32.7 Å². The van der Waals surface area contributed by atoms with E-state index in [0.29, 0.717) is 37.0 Å². The highest BCUT2D eigenvalue weighted by atomic mass is 32.2. The molecule has 9 nitrogen and oxygen atoms in total. The number of piperazine rings is 1. The van der Waals surface area contributed by atoms with Crippen LogP contribution in [0.4, 0.5) is 29.3 Å². The monoisotopic (exact) mass is 654 g/mol. The van der Waals surface area contributed by atoms with E-state index in [1.54, 1.807) is 12.1 Å².